The van der Waals surface area contributed by atoms with E-state index in [1.54, 1.807) is 18.2 Å². The summed E-state index contributed by atoms with van der Waals surface area (Å²) in [6.07, 6.45) is 0. The normalized spacial score (nSPS) is 10.8. The van der Waals surface area contributed by atoms with E-state index in [1.807, 2.05) is 32.0 Å². The number of aromatic carboxylic acids is 1. The molecule has 0 atom stereocenters. The van der Waals surface area contributed by atoms with Crippen LogP contribution in [0.4, 0.5) is 17.1 Å². The second-order valence-electron chi connectivity index (χ2n) is 8.03. The van der Waals surface area contributed by atoms with E-state index in [2.05, 4.69) is 15.6 Å². The Bertz CT molecular complexity index is 1570. The van der Waals surface area contributed by atoms with Gasteiger partial charge in [-0.2, -0.15) is 0 Å². The largest absolute Gasteiger partial charge is 0.477 e. The first-order valence-electron chi connectivity index (χ1n) is 10.8. The van der Waals surface area contributed by atoms with Crippen molar-refractivity contribution in [3.63, 3.8) is 0 Å². The van der Waals surface area contributed by atoms with Gasteiger partial charge in [0.05, 0.1) is 26.5 Å². The number of amides is 2. The van der Waals surface area contributed by atoms with Crippen LogP contribution in [0.15, 0.2) is 58.9 Å². The van der Waals surface area contributed by atoms with Crippen molar-refractivity contribution < 1.29 is 24.4 Å². The summed E-state index contributed by atoms with van der Waals surface area (Å²) in [4.78, 5) is 51.6. The van der Waals surface area contributed by atoms with Gasteiger partial charge in [-0.25, -0.2) is 9.78 Å². The van der Waals surface area contributed by atoms with Crippen LogP contribution in [0, 0.1) is 24.0 Å². The maximum absolute atomic E-state index is 12.8. The number of carboxylic acids is 1. The zero-order valence-electron chi connectivity index (χ0n) is 19.6. The number of aromatic nitrogens is 1. The number of nitro groups is 1. The number of benzene rings is 3. The number of carbonyl (C=O) groups is 3. The van der Waals surface area contributed by atoms with Crippen LogP contribution in [-0.4, -0.2) is 38.6 Å². The molecule has 3 N–H and O–H groups in total. The van der Waals surface area contributed by atoms with Crippen molar-refractivity contribution in [1.82, 2.24) is 4.98 Å². The van der Waals surface area contributed by atoms with Crippen LogP contribution >= 0.6 is 23.1 Å². The molecule has 4 aromatic rings. The molecule has 4 rings (SSSR count). The highest BCUT2D eigenvalue weighted by Gasteiger charge is 2.27. The van der Waals surface area contributed by atoms with E-state index in [1.165, 1.54) is 35.2 Å². The van der Waals surface area contributed by atoms with Gasteiger partial charge in [-0.05, 0) is 49.7 Å². The lowest BCUT2D eigenvalue weighted by Crippen LogP contribution is -2.17. The van der Waals surface area contributed by atoms with Crippen LogP contribution in [0.3, 0.4) is 0 Å². The Balaban J connectivity index is 1.45. The van der Waals surface area contributed by atoms with Gasteiger partial charge in [-0.1, -0.05) is 35.5 Å². The molecular weight excluding hydrogens is 516 g/mol. The molecule has 1 heterocycles. The summed E-state index contributed by atoms with van der Waals surface area (Å²) in [6.45, 7) is 3.92. The average Bonchev–Trinajstić information content (AvgIpc) is 3.26. The van der Waals surface area contributed by atoms with Gasteiger partial charge in [-0.15, -0.1) is 11.3 Å². The first kappa shape index (κ1) is 25.8. The molecule has 0 saturated heterocycles. The Labute approximate surface area is 218 Å². The minimum absolute atomic E-state index is 0.157. The molecular formula is C25H20N4O6S2. The summed E-state index contributed by atoms with van der Waals surface area (Å²) in [5, 5.41) is 26.1. The first-order valence-corrected chi connectivity index (χ1v) is 12.6. The Kier molecular flexibility index (Phi) is 7.50. The smallest absolute Gasteiger partial charge is 0.343 e. The van der Waals surface area contributed by atoms with Gasteiger partial charge >= 0.3 is 5.97 Å². The number of aryl methyl sites for hydroxylation is 2. The number of anilines is 2. The lowest BCUT2D eigenvalue weighted by atomic mass is 10.0. The molecule has 0 spiro atoms. The highest BCUT2D eigenvalue weighted by atomic mass is 32.2. The summed E-state index contributed by atoms with van der Waals surface area (Å²) >= 11 is 2.63. The third-order valence-corrected chi connectivity index (χ3v) is 7.47. The topological polar surface area (TPSA) is 152 Å². The predicted octanol–water partition coefficient (Wildman–Crippen LogP) is 5.50. The number of nitrogens with one attached hydrogen (secondary N) is 2. The molecule has 0 unspecified atom stereocenters. The summed E-state index contributed by atoms with van der Waals surface area (Å²) < 4.78 is 1.41. The molecule has 0 aliphatic carbocycles. The van der Waals surface area contributed by atoms with Crippen molar-refractivity contribution in [2.24, 2.45) is 0 Å². The number of carboxylic acid groups (broad SMARTS) is 1. The summed E-state index contributed by atoms with van der Waals surface area (Å²) in [5.74, 6) is -2.35. The number of nitrogens with zero attached hydrogens (tertiary/aromatic N) is 2. The first-order chi connectivity index (χ1) is 17.6. The van der Waals surface area contributed by atoms with E-state index in [0.29, 0.717) is 15.5 Å². The lowest BCUT2D eigenvalue weighted by Gasteiger charge is -2.08. The number of hydrogen-bond donors (Lipinski definition) is 3. The third kappa shape index (κ3) is 5.93. The maximum Gasteiger partial charge on any atom is 0.343 e. The van der Waals surface area contributed by atoms with Crippen molar-refractivity contribution in [2.75, 3.05) is 16.4 Å². The molecule has 188 valence electrons. The summed E-state index contributed by atoms with van der Waals surface area (Å²) in [5.41, 5.74) is 2.22. The fourth-order valence-corrected chi connectivity index (χ4v) is 5.52. The highest BCUT2D eigenvalue weighted by molar-refractivity contribution is 8.01. The molecule has 0 bridgehead atoms. The SMILES string of the molecule is Cc1ccc(NC(=O)CSc2nc3ccc(NC(=O)c4cccc([N+](=O)[O-])c4C(=O)O)cc3s2)c(C)c1. The van der Waals surface area contributed by atoms with E-state index in [-0.39, 0.29) is 17.2 Å². The Morgan fingerprint density at radius 2 is 1.86 bits per heavy atom. The number of fused-ring (bicyclic) bond motifs is 1. The minimum atomic E-state index is -1.57. The van der Waals surface area contributed by atoms with Gasteiger partial charge in [0.1, 0.15) is 5.56 Å². The molecule has 0 radical (unpaired) electrons. The monoisotopic (exact) mass is 536 g/mol. The number of thioether (sulfide) groups is 1. The third-order valence-electron chi connectivity index (χ3n) is 5.31. The second kappa shape index (κ2) is 10.8. The molecule has 2 amide bonds. The van der Waals surface area contributed by atoms with Crippen LogP contribution < -0.4 is 10.6 Å². The van der Waals surface area contributed by atoms with E-state index in [0.717, 1.165) is 27.6 Å². The zero-order chi connectivity index (χ0) is 26.7. The van der Waals surface area contributed by atoms with Gasteiger partial charge in [0, 0.05) is 17.4 Å². The fourth-order valence-electron chi connectivity index (χ4n) is 3.62. The molecule has 3 aromatic carbocycles. The maximum atomic E-state index is 12.8. The van der Waals surface area contributed by atoms with Gasteiger partial charge in [0.25, 0.3) is 11.6 Å². The molecule has 0 aliphatic heterocycles. The predicted molar refractivity (Wildman–Crippen MR) is 143 cm³/mol. The number of nitro benzene ring substituents is 1. The van der Waals surface area contributed by atoms with Crippen LogP contribution in [0.2, 0.25) is 0 Å². The molecule has 37 heavy (non-hydrogen) atoms. The van der Waals surface area contributed by atoms with Crippen molar-refractivity contribution in [3.8, 4) is 0 Å². The molecule has 1 aromatic heterocycles. The van der Waals surface area contributed by atoms with Crippen LogP contribution in [-0.2, 0) is 4.79 Å². The summed E-state index contributed by atoms with van der Waals surface area (Å²) in [7, 11) is 0. The average molecular weight is 537 g/mol. The molecule has 0 aliphatic rings. The van der Waals surface area contributed by atoms with Crippen LogP contribution in [0.1, 0.15) is 31.8 Å². The quantitative estimate of drug-likeness (QED) is 0.152. The van der Waals surface area contributed by atoms with Crippen LogP contribution in [0.5, 0.6) is 0 Å². The van der Waals surface area contributed by atoms with Crippen LogP contribution in [0.25, 0.3) is 10.2 Å². The minimum Gasteiger partial charge on any atom is -0.477 e. The van der Waals surface area contributed by atoms with E-state index >= 15 is 0 Å². The number of thiazole rings is 1. The van der Waals surface area contributed by atoms with Crippen molar-refractivity contribution in [3.05, 3.63) is 87.0 Å². The Morgan fingerprint density at radius 3 is 2.57 bits per heavy atom. The van der Waals surface area contributed by atoms with E-state index in [4.69, 9.17) is 0 Å². The lowest BCUT2D eigenvalue weighted by molar-refractivity contribution is -0.385. The zero-order valence-corrected chi connectivity index (χ0v) is 21.2. The molecule has 0 saturated carbocycles. The Hall–Kier alpha value is -4.29. The summed E-state index contributed by atoms with van der Waals surface area (Å²) in [6, 6.07) is 14.3. The number of carbonyl (C=O) groups excluding carboxylic acids is 2. The standard InChI is InChI=1S/C25H20N4O6S2/c1-13-6-8-17(14(2)10-13)27-21(30)12-36-25-28-18-9-7-15(11-20(18)37-25)26-23(31)16-4-3-5-19(29(34)35)22(16)24(32)33/h3-11H,12H2,1-2H3,(H,26,31)(H,27,30)(H,32,33). The van der Waals surface area contributed by atoms with Gasteiger partial charge in [0.15, 0.2) is 4.34 Å². The van der Waals surface area contributed by atoms with Crippen molar-refractivity contribution in [2.45, 2.75) is 18.2 Å². The Morgan fingerprint density at radius 1 is 1.08 bits per heavy atom. The van der Waals surface area contributed by atoms with Gasteiger partial charge in [-0.3, -0.25) is 19.7 Å². The van der Waals surface area contributed by atoms with E-state index in [9.17, 15) is 29.6 Å². The second-order valence-corrected chi connectivity index (χ2v) is 10.3. The van der Waals surface area contributed by atoms with Gasteiger partial charge < -0.3 is 15.7 Å². The fraction of sp³-hybridized carbons (Fsp3) is 0.120. The van der Waals surface area contributed by atoms with Crippen molar-refractivity contribution >= 4 is 68.2 Å². The number of hydrogen-bond acceptors (Lipinski definition) is 8. The highest BCUT2D eigenvalue weighted by Crippen LogP contribution is 2.32. The number of rotatable bonds is 8. The van der Waals surface area contributed by atoms with E-state index < -0.39 is 28.1 Å². The molecule has 10 nitrogen and oxygen atoms in total. The molecule has 12 heteroatoms. The molecule has 0 fully saturated rings. The van der Waals surface area contributed by atoms with Gasteiger partial charge in [0.2, 0.25) is 5.91 Å². The van der Waals surface area contributed by atoms with Crippen molar-refractivity contribution in [1.29, 1.82) is 0 Å².